The molecule has 2 rings (SSSR count). The molecule has 1 aromatic heterocycles. The maximum Gasteiger partial charge on any atom is 0.0543 e. The monoisotopic (exact) mass is 311 g/mol. The van der Waals surface area contributed by atoms with Gasteiger partial charge in [-0.15, -0.1) is 0 Å². The lowest BCUT2D eigenvalue weighted by Crippen LogP contribution is -2.30. The topological polar surface area (TPSA) is 19.4 Å². The summed E-state index contributed by atoms with van der Waals surface area (Å²) in [5.41, 5.74) is 2.56. The lowest BCUT2D eigenvalue weighted by atomic mass is 10.0. The number of hydrogen-bond donors (Lipinski definition) is 0. The van der Waals surface area contributed by atoms with Gasteiger partial charge in [-0.05, 0) is 57.2 Å². The first kappa shape index (κ1) is 17.6. The Morgan fingerprint density at radius 2 is 1.70 bits per heavy atom. The molecule has 0 aliphatic carbocycles. The molecule has 0 saturated carbocycles. The van der Waals surface area contributed by atoms with E-state index in [2.05, 4.69) is 78.3 Å². The molecule has 0 aliphatic heterocycles. The van der Waals surface area contributed by atoms with E-state index >= 15 is 0 Å². The Morgan fingerprint density at radius 1 is 0.957 bits per heavy atom. The number of rotatable bonds is 9. The zero-order chi connectivity index (χ0) is 16.5. The molecule has 0 aliphatic rings. The largest absolute Gasteiger partial charge is 0.309 e. The number of pyridine rings is 1. The maximum absolute atomic E-state index is 4.49. The molecule has 0 saturated heterocycles. The highest BCUT2D eigenvalue weighted by Gasteiger charge is 2.13. The van der Waals surface area contributed by atoms with Crippen molar-refractivity contribution in [3.8, 4) is 0 Å². The summed E-state index contributed by atoms with van der Waals surface area (Å²) in [6.07, 6.45) is 3.06. The van der Waals surface area contributed by atoms with Gasteiger partial charge in [-0.2, -0.15) is 0 Å². The van der Waals surface area contributed by atoms with Crippen LogP contribution in [0.3, 0.4) is 0 Å². The van der Waals surface area contributed by atoms with Crippen LogP contribution >= 0.6 is 0 Å². The fourth-order valence-corrected chi connectivity index (χ4v) is 2.84. The van der Waals surface area contributed by atoms with E-state index in [1.165, 1.54) is 12.0 Å². The van der Waals surface area contributed by atoms with Gasteiger partial charge in [-0.1, -0.05) is 43.3 Å². The van der Waals surface area contributed by atoms with E-state index in [0.29, 0.717) is 5.92 Å². The van der Waals surface area contributed by atoms with Gasteiger partial charge in [0.25, 0.3) is 0 Å². The smallest absolute Gasteiger partial charge is 0.0543 e. The summed E-state index contributed by atoms with van der Waals surface area (Å²) in [6, 6.07) is 17.0. The van der Waals surface area contributed by atoms with Gasteiger partial charge in [0.2, 0.25) is 0 Å². The van der Waals surface area contributed by atoms with Crippen LogP contribution in [0.15, 0.2) is 54.7 Å². The highest BCUT2D eigenvalue weighted by Crippen LogP contribution is 2.17. The Kier molecular flexibility index (Phi) is 7.24. The van der Waals surface area contributed by atoms with Gasteiger partial charge in [0.05, 0.1) is 5.69 Å². The number of hydrogen-bond acceptors (Lipinski definition) is 3. The second-order valence-electron chi connectivity index (χ2n) is 6.52. The summed E-state index contributed by atoms with van der Waals surface area (Å²) in [5.74, 6) is 0.527. The third-order valence-corrected chi connectivity index (χ3v) is 4.09. The molecule has 0 spiro atoms. The maximum atomic E-state index is 4.49. The summed E-state index contributed by atoms with van der Waals surface area (Å²) in [4.78, 5) is 9.27. The molecule has 1 aromatic carbocycles. The molecule has 0 bridgehead atoms. The van der Waals surface area contributed by atoms with Crippen molar-refractivity contribution in [3.05, 3.63) is 66.0 Å². The normalized spacial score (nSPS) is 12.7. The van der Waals surface area contributed by atoms with Gasteiger partial charge >= 0.3 is 0 Å². The fourth-order valence-electron chi connectivity index (χ4n) is 2.84. The minimum absolute atomic E-state index is 0.527. The van der Waals surface area contributed by atoms with E-state index in [0.717, 1.165) is 31.9 Å². The van der Waals surface area contributed by atoms with Crippen LogP contribution in [0.25, 0.3) is 0 Å². The summed E-state index contributed by atoms with van der Waals surface area (Å²) in [5, 5.41) is 0. The van der Waals surface area contributed by atoms with Crippen molar-refractivity contribution in [2.45, 2.75) is 25.8 Å². The first-order valence-electron chi connectivity index (χ1n) is 8.47. The number of aromatic nitrogens is 1. The first-order chi connectivity index (χ1) is 11.1. The summed E-state index contributed by atoms with van der Waals surface area (Å²) in [6.45, 7) is 6.52. The lowest BCUT2D eigenvalue weighted by molar-refractivity contribution is 0.234. The quantitative estimate of drug-likeness (QED) is 0.705. The third kappa shape index (κ3) is 6.51. The fraction of sp³-hybridized carbons (Fsp3) is 0.450. The van der Waals surface area contributed by atoms with E-state index in [-0.39, 0.29) is 0 Å². The van der Waals surface area contributed by atoms with Gasteiger partial charge < -0.3 is 4.90 Å². The predicted octanol–water partition coefficient (Wildman–Crippen LogP) is 3.64. The summed E-state index contributed by atoms with van der Waals surface area (Å²) >= 11 is 0. The highest BCUT2D eigenvalue weighted by molar-refractivity contribution is 5.19. The van der Waals surface area contributed by atoms with E-state index in [9.17, 15) is 0 Å². The van der Waals surface area contributed by atoms with Crippen LogP contribution in [0.5, 0.6) is 0 Å². The summed E-state index contributed by atoms with van der Waals surface area (Å²) in [7, 11) is 4.27. The molecular formula is C20H29N3. The van der Waals surface area contributed by atoms with Crippen LogP contribution in [0.2, 0.25) is 0 Å². The Hall–Kier alpha value is -1.71. The van der Waals surface area contributed by atoms with Gasteiger partial charge in [-0.3, -0.25) is 9.88 Å². The highest BCUT2D eigenvalue weighted by atomic mass is 15.1. The van der Waals surface area contributed by atoms with E-state index < -0.39 is 0 Å². The molecule has 3 heteroatoms. The Balaban J connectivity index is 1.97. The third-order valence-electron chi connectivity index (χ3n) is 4.09. The van der Waals surface area contributed by atoms with Crippen LogP contribution < -0.4 is 0 Å². The SMILES string of the molecule is CC(CN(CCCN(C)C)Cc1ccccn1)c1ccccc1. The molecule has 0 fully saturated rings. The second-order valence-corrected chi connectivity index (χ2v) is 6.52. The van der Waals surface area contributed by atoms with Crippen LogP contribution in [0.1, 0.15) is 30.5 Å². The average molecular weight is 311 g/mol. The molecule has 1 atom stereocenters. The molecule has 1 unspecified atom stereocenters. The molecule has 0 amide bonds. The molecule has 23 heavy (non-hydrogen) atoms. The molecule has 0 radical (unpaired) electrons. The predicted molar refractivity (Wildman–Crippen MR) is 97.5 cm³/mol. The van der Waals surface area contributed by atoms with Crippen molar-refractivity contribution < 1.29 is 0 Å². The van der Waals surface area contributed by atoms with E-state index in [1.807, 2.05) is 12.3 Å². The van der Waals surface area contributed by atoms with Crippen LogP contribution in [-0.4, -0.2) is 48.5 Å². The van der Waals surface area contributed by atoms with Crippen LogP contribution in [0.4, 0.5) is 0 Å². The average Bonchev–Trinajstić information content (AvgIpc) is 2.56. The Morgan fingerprint density at radius 3 is 2.35 bits per heavy atom. The molecular weight excluding hydrogens is 282 g/mol. The van der Waals surface area contributed by atoms with Gasteiger partial charge in [0.15, 0.2) is 0 Å². The minimum Gasteiger partial charge on any atom is -0.309 e. The van der Waals surface area contributed by atoms with Gasteiger partial charge in [0.1, 0.15) is 0 Å². The second kappa shape index (κ2) is 9.43. The van der Waals surface area contributed by atoms with E-state index in [1.54, 1.807) is 0 Å². The molecule has 3 nitrogen and oxygen atoms in total. The van der Waals surface area contributed by atoms with Crippen molar-refractivity contribution in [2.75, 3.05) is 33.7 Å². The number of nitrogens with zero attached hydrogens (tertiary/aromatic N) is 3. The molecule has 1 heterocycles. The zero-order valence-corrected chi connectivity index (χ0v) is 14.7. The zero-order valence-electron chi connectivity index (χ0n) is 14.7. The van der Waals surface area contributed by atoms with Crippen molar-refractivity contribution in [3.63, 3.8) is 0 Å². The Bertz CT molecular complexity index is 539. The van der Waals surface area contributed by atoms with Crippen LogP contribution in [0, 0.1) is 0 Å². The van der Waals surface area contributed by atoms with Crippen molar-refractivity contribution in [1.82, 2.24) is 14.8 Å². The Labute approximate surface area is 141 Å². The lowest BCUT2D eigenvalue weighted by Gasteiger charge is -2.26. The van der Waals surface area contributed by atoms with Crippen molar-refractivity contribution >= 4 is 0 Å². The number of benzene rings is 1. The molecule has 0 N–H and O–H groups in total. The molecule has 2 aromatic rings. The standard InChI is InChI=1S/C20H29N3/c1-18(19-10-5-4-6-11-19)16-23(15-9-14-22(2)3)17-20-12-7-8-13-21-20/h4-8,10-13,18H,9,14-17H2,1-3H3. The van der Waals surface area contributed by atoms with Gasteiger partial charge in [0, 0.05) is 19.3 Å². The van der Waals surface area contributed by atoms with Crippen LogP contribution in [-0.2, 0) is 6.54 Å². The summed E-state index contributed by atoms with van der Waals surface area (Å²) < 4.78 is 0. The van der Waals surface area contributed by atoms with Gasteiger partial charge in [-0.25, -0.2) is 0 Å². The van der Waals surface area contributed by atoms with Crippen molar-refractivity contribution in [1.29, 1.82) is 0 Å². The first-order valence-corrected chi connectivity index (χ1v) is 8.47. The van der Waals surface area contributed by atoms with E-state index in [4.69, 9.17) is 0 Å². The minimum atomic E-state index is 0.527. The van der Waals surface area contributed by atoms with Crippen molar-refractivity contribution in [2.24, 2.45) is 0 Å². The molecule has 124 valence electrons.